The first-order chi connectivity index (χ1) is 14.1. The Morgan fingerprint density at radius 1 is 1.38 bits per heavy atom. The van der Waals surface area contributed by atoms with Gasteiger partial charge in [-0.15, -0.1) is 0 Å². The lowest BCUT2D eigenvalue weighted by Gasteiger charge is -2.20. The van der Waals surface area contributed by atoms with Crippen LogP contribution in [0.4, 0.5) is 10.2 Å². The van der Waals surface area contributed by atoms with Crippen LogP contribution in [-0.2, 0) is 6.42 Å². The highest BCUT2D eigenvalue weighted by molar-refractivity contribution is 5.80. The number of hydrogen-bond donors (Lipinski definition) is 2. The molecule has 0 aliphatic carbocycles. The number of methoxy groups -OCH3 is 1. The molecule has 2 aromatic rings. The first-order valence-corrected chi connectivity index (χ1v) is 10.1. The molecule has 0 radical (unpaired) electrons. The fourth-order valence-electron chi connectivity index (χ4n) is 3.51. The van der Waals surface area contributed by atoms with Crippen molar-refractivity contribution in [1.82, 2.24) is 15.6 Å². The zero-order valence-electron chi connectivity index (χ0n) is 17.4. The number of aliphatic imine (C=N–C) groups is 1. The molecule has 1 aliphatic rings. The molecule has 6 nitrogen and oxygen atoms in total. The number of anilines is 1. The van der Waals surface area contributed by atoms with E-state index in [-0.39, 0.29) is 11.9 Å². The van der Waals surface area contributed by atoms with E-state index in [0.717, 1.165) is 43.2 Å². The van der Waals surface area contributed by atoms with Gasteiger partial charge in [0.25, 0.3) is 0 Å². The number of nitrogens with one attached hydrogen (secondary N) is 2. The Hall–Kier alpha value is -2.83. The summed E-state index contributed by atoms with van der Waals surface area (Å²) in [6.45, 7) is 7.02. The van der Waals surface area contributed by atoms with Gasteiger partial charge in [-0.1, -0.05) is 12.1 Å². The lowest BCUT2D eigenvalue weighted by atomic mass is 10.1. The topological polar surface area (TPSA) is 61.8 Å². The van der Waals surface area contributed by atoms with Crippen molar-refractivity contribution in [3.05, 3.63) is 53.5 Å². The van der Waals surface area contributed by atoms with Crippen molar-refractivity contribution in [3.8, 4) is 5.75 Å². The van der Waals surface area contributed by atoms with Gasteiger partial charge in [0.05, 0.1) is 7.11 Å². The van der Waals surface area contributed by atoms with Crippen molar-refractivity contribution in [3.63, 3.8) is 0 Å². The van der Waals surface area contributed by atoms with E-state index in [1.165, 1.54) is 11.6 Å². The van der Waals surface area contributed by atoms with E-state index >= 15 is 0 Å². The zero-order chi connectivity index (χ0) is 20.6. The highest BCUT2D eigenvalue weighted by atomic mass is 19.1. The number of pyridine rings is 1. The summed E-state index contributed by atoms with van der Waals surface area (Å²) in [7, 11) is 1.69. The third kappa shape index (κ3) is 5.59. The summed E-state index contributed by atoms with van der Waals surface area (Å²) < 4.78 is 19.4. The number of ether oxygens (including phenoxy) is 1. The molecule has 0 bridgehead atoms. The molecular formula is C22H30FN5O. The number of benzene rings is 1. The highest BCUT2D eigenvalue weighted by Crippen LogP contribution is 2.21. The highest BCUT2D eigenvalue weighted by Gasteiger charge is 2.25. The van der Waals surface area contributed by atoms with Gasteiger partial charge >= 0.3 is 0 Å². The number of hydrogen-bond acceptors (Lipinski definition) is 4. The Balaban J connectivity index is 1.56. The zero-order valence-corrected chi connectivity index (χ0v) is 17.4. The molecular weight excluding hydrogens is 369 g/mol. The molecule has 1 fully saturated rings. The molecule has 2 N–H and O–H groups in total. The van der Waals surface area contributed by atoms with Crippen LogP contribution in [0.5, 0.6) is 5.75 Å². The van der Waals surface area contributed by atoms with Crippen LogP contribution in [0.3, 0.4) is 0 Å². The van der Waals surface area contributed by atoms with Crippen LogP contribution in [0.15, 0.2) is 41.5 Å². The fraction of sp³-hybridized carbons (Fsp3) is 0.455. The Morgan fingerprint density at radius 2 is 2.24 bits per heavy atom. The molecule has 1 aromatic carbocycles. The van der Waals surface area contributed by atoms with E-state index in [1.54, 1.807) is 19.4 Å². The van der Waals surface area contributed by atoms with E-state index in [9.17, 15) is 4.39 Å². The Labute approximate surface area is 172 Å². The molecule has 2 heterocycles. The number of rotatable bonds is 7. The van der Waals surface area contributed by atoms with Gasteiger partial charge in [-0.05, 0) is 56.0 Å². The second kappa shape index (κ2) is 10.1. The van der Waals surface area contributed by atoms with Gasteiger partial charge in [0.15, 0.2) is 17.6 Å². The number of nitrogens with zero attached hydrogens (tertiary/aromatic N) is 3. The Bertz CT molecular complexity index is 842. The molecule has 1 aliphatic heterocycles. The maximum atomic E-state index is 14.0. The third-order valence-corrected chi connectivity index (χ3v) is 5.05. The monoisotopic (exact) mass is 399 g/mol. The maximum Gasteiger partial charge on any atom is 0.191 e. The minimum atomic E-state index is -0.276. The van der Waals surface area contributed by atoms with Gasteiger partial charge in [0.1, 0.15) is 5.75 Å². The first-order valence-electron chi connectivity index (χ1n) is 10.1. The van der Waals surface area contributed by atoms with E-state index < -0.39 is 0 Å². The predicted molar refractivity (Wildman–Crippen MR) is 115 cm³/mol. The number of guanidine groups is 1. The number of aryl methyl sites for hydroxylation is 1. The molecule has 1 unspecified atom stereocenters. The maximum absolute atomic E-state index is 14.0. The van der Waals surface area contributed by atoms with Crippen LogP contribution >= 0.6 is 0 Å². The van der Waals surface area contributed by atoms with Crippen molar-refractivity contribution in [2.45, 2.75) is 32.7 Å². The van der Waals surface area contributed by atoms with Crippen LogP contribution in [0.25, 0.3) is 0 Å². The first kappa shape index (κ1) is 20.9. The average Bonchev–Trinajstić information content (AvgIpc) is 3.18. The average molecular weight is 400 g/mol. The van der Waals surface area contributed by atoms with Gasteiger partial charge in [-0.2, -0.15) is 0 Å². The van der Waals surface area contributed by atoms with Crippen molar-refractivity contribution < 1.29 is 9.13 Å². The second-order valence-electron chi connectivity index (χ2n) is 7.20. The van der Waals surface area contributed by atoms with Crippen molar-refractivity contribution in [1.29, 1.82) is 0 Å². The van der Waals surface area contributed by atoms with Crippen molar-refractivity contribution >= 4 is 11.8 Å². The molecule has 0 saturated carbocycles. The third-order valence-electron chi connectivity index (χ3n) is 5.05. The lowest BCUT2D eigenvalue weighted by Crippen LogP contribution is -2.44. The number of halogens is 1. The lowest BCUT2D eigenvalue weighted by molar-refractivity contribution is 0.411. The van der Waals surface area contributed by atoms with E-state index in [4.69, 9.17) is 9.73 Å². The number of aromatic nitrogens is 1. The molecule has 1 aromatic heterocycles. The van der Waals surface area contributed by atoms with Crippen molar-refractivity contribution in [2.75, 3.05) is 38.2 Å². The molecule has 156 valence electrons. The standard InChI is InChI=1S/C22H30FN5O/c1-4-24-22(26-12-9-17-8-7-16(2)20(14-17)29-3)27-18-10-13-28(15-18)21-19(23)6-5-11-25-21/h5-8,11,14,18H,4,9-10,12-13,15H2,1-3H3,(H2,24,26,27). The minimum absolute atomic E-state index is 0.202. The van der Waals surface area contributed by atoms with Crippen LogP contribution in [-0.4, -0.2) is 50.3 Å². The van der Waals surface area contributed by atoms with E-state index in [1.807, 2.05) is 18.7 Å². The molecule has 1 atom stereocenters. The predicted octanol–water partition coefficient (Wildman–Crippen LogP) is 2.91. The summed E-state index contributed by atoms with van der Waals surface area (Å²) in [5.74, 6) is 1.85. The SMILES string of the molecule is CCNC(=NCCc1ccc(C)c(OC)c1)NC1CCN(c2ncccc2F)C1. The van der Waals surface area contributed by atoms with Gasteiger partial charge < -0.3 is 20.3 Å². The van der Waals surface area contributed by atoms with Crippen molar-refractivity contribution in [2.24, 2.45) is 4.99 Å². The molecule has 1 saturated heterocycles. The minimum Gasteiger partial charge on any atom is -0.496 e. The van der Waals surface area contributed by atoms with Gasteiger partial charge in [-0.25, -0.2) is 9.37 Å². The second-order valence-corrected chi connectivity index (χ2v) is 7.20. The molecule has 29 heavy (non-hydrogen) atoms. The normalized spacial score (nSPS) is 16.8. The fourth-order valence-corrected chi connectivity index (χ4v) is 3.51. The summed E-state index contributed by atoms with van der Waals surface area (Å²) in [5, 5.41) is 6.78. The summed E-state index contributed by atoms with van der Waals surface area (Å²) in [6.07, 6.45) is 3.38. The van der Waals surface area contributed by atoms with Crippen LogP contribution in [0.1, 0.15) is 24.5 Å². The quantitative estimate of drug-likeness (QED) is 0.554. The van der Waals surface area contributed by atoms with Crippen LogP contribution in [0, 0.1) is 12.7 Å². The van der Waals surface area contributed by atoms with E-state index in [0.29, 0.717) is 18.9 Å². The summed E-state index contributed by atoms with van der Waals surface area (Å²) in [5.41, 5.74) is 2.33. The van der Waals surface area contributed by atoms with Crippen LogP contribution < -0.4 is 20.3 Å². The summed E-state index contributed by atoms with van der Waals surface area (Å²) in [4.78, 5) is 10.9. The van der Waals surface area contributed by atoms with Gasteiger partial charge in [0, 0.05) is 38.4 Å². The molecule has 7 heteroatoms. The Morgan fingerprint density at radius 3 is 3.00 bits per heavy atom. The smallest absolute Gasteiger partial charge is 0.191 e. The van der Waals surface area contributed by atoms with Gasteiger partial charge in [-0.3, -0.25) is 4.99 Å². The summed E-state index contributed by atoms with van der Waals surface area (Å²) >= 11 is 0. The molecule has 3 rings (SSSR count). The molecule has 0 amide bonds. The largest absolute Gasteiger partial charge is 0.496 e. The van der Waals surface area contributed by atoms with E-state index in [2.05, 4.69) is 33.8 Å². The van der Waals surface area contributed by atoms with Gasteiger partial charge in [0.2, 0.25) is 0 Å². The molecule has 0 spiro atoms. The summed E-state index contributed by atoms with van der Waals surface area (Å²) in [6, 6.07) is 9.53. The Kier molecular flexibility index (Phi) is 7.27. The van der Waals surface area contributed by atoms with Crippen LogP contribution in [0.2, 0.25) is 0 Å².